The molecule has 1 saturated carbocycles. The third-order valence-corrected chi connectivity index (χ3v) is 4.70. The molecule has 1 unspecified atom stereocenters. The van der Waals surface area contributed by atoms with Crippen LogP contribution < -0.4 is 5.32 Å². The number of aliphatic hydroxyl groups is 2. The van der Waals surface area contributed by atoms with E-state index in [9.17, 15) is 9.90 Å². The van der Waals surface area contributed by atoms with Crippen molar-refractivity contribution in [2.45, 2.75) is 50.5 Å². The molecular formula is C21H29NO4. The molecule has 0 saturated heterocycles. The first-order chi connectivity index (χ1) is 12.7. The highest BCUT2D eigenvalue weighted by molar-refractivity contribution is 5.77. The number of hydrogen-bond donors (Lipinski definition) is 3. The van der Waals surface area contributed by atoms with Crippen molar-refractivity contribution in [2.24, 2.45) is 0 Å². The van der Waals surface area contributed by atoms with E-state index in [0.29, 0.717) is 31.0 Å². The van der Waals surface area contributed by atoms with E-state index >= 15 is 0 Å². The maximum Gasteiger partial charge on any atom is 0.340 e. The molecule has 0 spiro atoms. The summed E-state index contributed by atoms with van der Waals surface area (Å²) in [6, 6.07) is 7.63. The lowest BCUT2D eigenvalue weighted by molar-refractivity contribution is -0.152. The number of rotatable bonds is 8. The third kappa shape index (κ3) is 6.45. The zero-order chi connectivity index (χ0) is 18.6. The van der Waals surface area contributed by atoms with Crippen molar-refractivity contribution >= 4 is 5.97 Å². The molecule has 0 bridgehead atoms. The Kier molecular flexibility index (Phi) is 9.19. The summed E-state index contributed by atoms with van der Waals surface area (Å²) < 4.78 is 5.10. The van der Waals surface area contributed by atoms with E-state index in [2.05, 4.69) is 17.2 Å². The minimum Gasteiger partial charge on any atom is -0.450 e. The molecule has 1 aliphatic carbocycles. The zero-order valence-corrected chi connectivity index (χ0v) is 15.2. The summed E-state index contributed by atoms with van der Waals surface area (Å²) in [7, 11) is 0. The molecule has 0 radical (unpaired) electrons. The van der Waals surface area contributed by atoms with Crippen LogP contribution in [0.3, 0.4) is 0 Å². The predicted molar refractivity (Wildman–Crippen MR) is 101 cm³/mol. The predicted octanol–water partition coefficient (Wildman–Crippen LogP) is 2.29. The number of nitrogens with one attached hydrogen (secondary N) is 1. The van der Waals surface area contributed by atoms with Crippen LogP contribution in [-0.2, 0) is 9.53 Å². The van der Waals surface area contributed by atoms with E-state index in [0.717, 1.165) is 18.4 Å². The SMILES string of the molecule is O=C(OCC#CCNCCCO)C(O)c1ccccc1C1CCCCC1. The second kappa shape index (κ2) is 11.7. The fraction of sp³-hybridized carbons (Fsp3) is 0.571. The van der Waals surface area contributed by atoms with Crippen LogP contribution in [0.4, 0.5) is 0 Å². The Morgan fingerprint density at radius 3 is 2.77 bits per heavy atom. The van der Waals surface area contributed by atoms with Crippen molar-refractivity contribution in [1.82, 2.24) is 5.32 Å². The van der Waals surface area contributed by atoms with Crippen LogP contribution in [0.1, 0.15) is 61.7 Å². The molecule has 5 heteroatoms. The molecule has 0 aromatic heterocycles. The summed E-state index contributed by atoms with van der Waals surface area (Å²) >= 11 is 0. The molecule has 0 amide bonds. The first-order valence-electron chi connectivity index (χ1n) is 9.45. The van der Waals surface area contributed by atoms with Gasteiger partial charge < -0.3 is 20.3 Å². The van der Waals surface area contributed by atoms with Crippen molar-refractivity contribution in [3.8, 4) is 11.8 Å². The zero-order valence-electron chi connectivity index (χ0n) is 15.2. The van der Waals surface area contributed by atoms with Crippen molar-refractivity contribution in [2.75, 3.05) is 26.3 Å². The summed E-state index contributed by atoms with van der Waals surface area (Å²) in [6.07, 6.45) is 5.28. The van der Waals surface area contributed by atoms with Gasteiger partial charge in [-0.15, -0.1) is 0 Å². The Morgan fingerprint density at radius 2 is 2.00 bits per heavy atom. The van der Waals surface area contributed by atoms with Crippen molar-refractivity contribution in [3.05, 3.63) is 35.4 Å². The first-order valence-corrected chi connectivity index (χ1v) is 9.45. The van der Waals surface area contributed by atoms with Crippen LogP contribution in [0, 0.1) is 11.8 Å². The van der Waals surface area contributed by atoms with Gasteiger partial charge in [-0.2, -0.15) is 0 Å². The largest absolute Gasteiger partial charge is 0.450 e. The number of ether oxygens (including phenoxy) is 1. The summed E-state index contributed by atoms with van der Waals surface area (Å²) in [4.78, 5) is 12.2. The van der Waals surface area contributed by atoms with E-state index in [1.807, 2.05) is 24.3 Å². The second-order valence-electron chi connectivity index (χ2n) is 6.58. The van der Waals surface area contributed by atoms with Gasteiger partial charge in [0.05, 0.1) is 6.54 Å². The number of carbonyl (C=O) groups excluding carboxylic acids is 1. The summed E-state index contributed by atoms with van der Waals surface area (Å²) in [5, 5.41) is 22.1. The highest BCUT2D eigenvalue weighted by atomic mass is 16.5. The molecule has 1 fully saturated rings. The van der Waals surface area contributed by atoms with Gasteiger partial charge in [-0.3, -0.25) is 0 Å². The second-order valence-corrected chi connectivity index (χ2v) is 6.58. The minimum absolute atomic E-state index is 0.0385. The molecule has 1 aliphatic rings. The molecule has 1 aromatic carbocycles. The van der Waals surface area contributed by atoms with Gasteiger partial charge in [0.1, 0.15) is 0 Å². The van der Waals surface area contributed by atoms with Crippen LogP contribution in [0.5, 0.6) is 0 Å². The molecular weight excluding hydrogens is 330 g/mol. The molecule has 1 atom stereocenters. The molecule has 2 rings (SSSR count). The average Bonchev–Trinajstić information content (AvgIpc) is 2.70. The van der Waals surface area contributed by atoms with Gasteiger partial charge in [0, 0.05) is 6.61 Å². The Bertz CT molecular complexity index is 614. The minimum atomic E-state index is -1.27. The van der Waals surface area contributed by atoms with Gasteiger partial charge in [-0.05, 0) is 42.9 Å². The highest BCUT2D eigenvalue weighted by Gasteiger charge is 2.25. The van der Waals surface area contributed by atoms with Gasteiger partial charge in [0.15, 0.2) is 12.7 Å². The van der Waals surface area contributed by atoms with E-state index in [1.54, 1.807) is 0 Å². The maximum absolute atomic E-state index is 12.2. The van der Waals surface area contributed by atoms with Crippen LogP contribution >= 0.6 is 0 Å². The van der Waals surface area contributed by atoms with Crippen LogP contribution in [0.2, 0.25) is 0 Å². The number of aliphatic hydroxyl groups excluding tert-OH is 2. The average molecular weight is 359 g/mol. The van der Waals surface area contributed by atoms with Gasteiger partial charge >= 0.3 is 5.97 Å². The summed E-state index contributed by atoms with van der Waals surface area (Å²) in [5.74, 6) is 5.34. The van der Waals surface area contributed by atoms with Gasteiger partial charge in [-0.25, -0.2) is 4.79 Å². The molecule has 142 valence electrons. The number of carbonyl (C=O) groups is 1. The van der Waals surface area contributed by atoms with E-state index in [1.165, 1.54) is 19.3 Å². The molecule has 0 heterocycles. The standard InChI is InChI=1S/C21H29NO4/c23-15-8-14-22-13-6-7-16-26-21(25)20(24)19-12-5-4-11-18(19)17-9-2-1-3-10-17/h4-5,11-12,17,20,22-24H,1-3,8-10,13-16H2. The molecule has 0 aliphatic heterocycles. The molecule has 26 heavy (non-hydrogen) atoms. The van der Waals surface area contributed by atoms with Crippen molar-refractivity contribution in [3.63, 3.8) is 0 Å². The molecule has 5 nitrogen and oxygen atoms in total. The van der Waals surface area contributed by atoms with Crippen LogP contribution in [-0.4, -0.2) is 42.5 Å². The van der Waals surface area contributed by atoms with Gasteiger partial charge in [-0.1, -0.05) is 55.4 Å². The normalized spacial score (nSPS) is 15.8. The molecule has 1 aromatic rings. The fourth-order valence-corrected chi connectivity index (χ4v) is 3.33. The topological polar surface area (TPSA) is 78.8 Å². The van der Waals surface area contributed by atoms with E-state index in [4.69, 9.17) is 9.84 Å². The van der Waals surface area contributed by atoms with Crippen molar-refractivity contribution in [1.29, 1.82) is 0 Å². The lowest BCUT2D eigenvalue weighted by atomic mass is 9.81. The lowest BCUT2D eigenvalue weighted by Gasteiger charge is -2.25. The lowest BCUT2D eigenvalue weighted by Crippen LogP contribution is -2.19. The number of hydrogen-bond acceptors (Lipinski definition) is 5. The van der Waals surface area contributed by atoms with Gasteiger partial charge in [0.2, 0.25) is 0 Å². The van der Waals surface area contributed by atoms with E-state index < -0.39 is 12.1 Å². The maximum atomic E-state index is 12.2. The van der Waals surface area contributed by atoms with Crippen molar-refractivity contribution < 1.29 is 19.7 Å². The monoisotopic (exact) mass is 359 g/mol. The molecule has 3 N–H and O–H groups in total. The Morgan fingerprint density at radius 1 is 1.23 bits per heavy atom. The first kappa shape index (κ1) is 20.4. The highest BCUT2D eigenvalue weighted by Crippen LogP contribution is 2.36. The van der Waals surface area contributed by atoms with E-state index in [-0.39, 0.29) is 13.2 Å². The van der Waals surface area contributed by atoms with Crippen LogP contribution in [0.25, 0.3) is 0 Å². The smallest absolute Gasteiger partial charge is 0.340 e. The number of benzene rings is 1. The fourth-order valence-electron chi connectivity index (χ4n) is 3.33. The quantitative estimate of drug-likeness (QED) is 0.377. The van der Waals surface area contributed by atoms with Crippen LogP contribution in [0.15, 0.2) is 24.3 Å². The van der Waals surface area contributed by atoms with Gasteiger partial charge in [0.25, 0.3) is 0 Å². The Hall–Kier alpha value is -1.87. The summed E-state index contributed by atoms with van der Waals surface area (Å²) in [5.41, 5.74) is 1.72. The Labute approximate surface area is 155 Å². The summed E-state index contributed by atoms with van der Waals surface area (Å²) in [6.45, 7) is 1.29. The number of esters is 1. The Balaban J connectivity index is 1.85. The third-order valence-electron chi connectivity index (χ3n) is 4.70.